The van der Waals surface area contributed by atoms with Crippen molar-refractivity contribution in [3.63, 3.8) is 0 Å². The summed E-state index contributed by atoms with van der Waals surface area (Å²) < 4.78 is 52.7. The Bertz CT molecular complexity index is 1520. The van der Waals surface area contributed by atoms with E-state index in [0.717, 1.165) is 19.4 Å². The molecule has 0 saturated heterocycles. The van der Waals surface area contributed by atoms with Gasteiger partial charge in [-0.2, -0.15) is 19.1 Å². The third-order valence-electron chi connectivity index (χ3n) is 7.56. The van der Waals surface area contributed by atoms with Crippen molar-refractivity contribution in [1.29, 1.82) is 5.26 Å². The third-order valence-corrected chi connectivity index (χ3v) is 10.8. The maximum absolute atomic E-state index is 14.0. The number of hydrogen-bond acceptors (Lipinski definition) is 7. The second kappa shape index (κ2) is 9.96. The van der Waals surface area contributed by atoms with Gasteiger partial charge in [-0.3, -0.25) is 14.3 Å². The van der Waals surface area contributed by atoms with Crippen molar-refractivity contribution in [3.05, 3.63) is 52.3 Å². The summed E-state index contributed by atoms with van der Waals surface area (Å²) in [7, 11) is -2.79. The van der Waals surface area contributed by atoms with E-state index >= 15 is 0 Å². The molecule has 1 aromatic heterocycles. The number of aryl methyl sites for hydroxylation is 1. The van der Waals surface area contributed by atoms with Crippen LogP contribution in [0.2, 0.25) is 0 Å². The fraction of sp³-hybridized carbons (Fsp3) is 0.500. The molecule has 0 unspecified atom stereocenters. The maximum atomic E-state index is 14.0. The highest BCUT2D eigenvalue weighted by atomic mass is 32.2. The van der Waals surface area contributed by atoms with Gasteiger partial charge in [0, 0.05) is 38.7 Å². The van der Waals surface area contributed by atoms with Crippen molar-refractivity contribution in [2.45, 2.75) is 61.5 Å². The lowest BCUT2D eigenvalue weighted by molar-refractivity contribution is -0.166. The smallest absolute Gasteiger partial charge is 0.374 e. The topological polar surface area (TPSA) is 162 Å². The Morgan fingerprint density at radius 3 is 2.40 bits per heavy atom. The Morgan fingerprint density at radius 1 is 1.23 bits per heavy atom. The van der Waals surface area contributed by atoms with Gasteiger partial charge in [-0.1, -0.05) is 12.1 Å². The average molecular weight is 578 g/mol. The molecule has 1 aliphatic heterocycles. The zero-order chi connectivity index (χ0) is 29.7. The van der Waals surface area contributed by atoms with Gasteiger partial charge < -0.3 is 15.3 Å². The normalized spacial score (nSPS) is 16.7. The van der Waals surface area contributed by atoms with Gasteiger partial charge in [-0.25, -0.2) is 13.2 Å². The highest BCUT2D eigenvalue weighted by Crippen LogP contribution is 2.51. The minimum Gasteiger partial charge on any atom is -0.477 e. The van der Waals surface area contributed by atoms with E-state index < -0.39 is 49.5 Å². The van der Waals surface area contributed by atoms with E-state index in [1.54, 1.807) is 24.3 Å². The molecule has 4 rings (SSSR count). The molecule has 11 nitrogen and oxygen atoms in total. The summed E-state index contributed by atoms with van der Waals surface area (Å²) in [6.45, 7) is 2.20. The van der Waals surface area contributed by atoms with Crippen molar-refractivity contribution in [2.24, 2.45) is 7.05 Å². The minimum absolute atomic E-state index is 0.0740. The Labute approximate surface area is 229 Å². The molecule has 0 spiro atoms. The first kappa shape index (κ1) is 29.1. The quantitative estimate of drug-likeness (QED) is 0.434. The largest absolute Gasteiger partial charge is 0.477 e. The molecule has 1 saturated carbocycles. The summed E-state index contributed by atoms with van der Waals surface area (Å²) in [5, 5.41) is 24.7. The number of benzene rings is 1. The summed E-state index contributed by atoms with van der Waals surface area (Å²) in [4.78, 5) is 38.6. The molecule has 40 heavy (non-hydrogen) atoms. The SMILES string of the molecule is Cn1nc(C(=O)NCc2ccc(C#N)cc2)c2c1C(=O)N(CC1(S(=O)(=O)C(C)(C)CC(F)(F)C(=O)O)CC1)CC2. The zero-order valence-corrected chi connectivity index (χ0v) is 23.0. The van der Waals surface area contributed by atoms with Crippen LogP contribution in [0.5, 0.6) is 0 Å². The van der Waals surface area contributed by atoms with E-state index in [-0.39, 0.29) is 50.3 Å². The van der Waals surface area contributed by atoms with E-state index in [1.165, 1.54) is 16.6 Å². The summed E-state index contributed by atoms with van der Waals surface area (Å²) in [6, 6.07) is 8.69. The van der Waals surface area contributed by atoms with Gasteiger partial charge in [0.2, 0.25) is 0 Å². The van der Waals surface area contributed by atoms with Gasteiger partial charge in [0.15, 0.2) is 15.5 Å². The average Bonchev–Trinajstić information content (AvgIpc) is 3.60. The summed E-state index contributed by atoms with van der Waals surface area (Å²) in [5.41, 5.74) is 1.89. The number of aromatic nitrogens is 2. The van der Waals surface area contributed by atoms with Crippen molar-refractivity contribution in [2.75, 3.05) is 13.1 Å². The number of aliphatic carboxylic acids is 1. The number of carbonyl (C=O) groups excluding carboxylic acids is 2. The van der Waals surface area contributed by atoms with Crippen molar-refractivity contribution in [3.8, 4) is 6.07 Å². The van der Waals surface area contributed by atoms with Crippen LogP contribution in [0.3, 0.4) is 0 Å². The molecular formula is C26H29F2N5O6S. The lowest BCUT2D eigenvalue weighted by Gasteiger charge is -2.36. The molecule has 1 aromatic carbocycles. The lowest BCUT2D eigenvalue weighted by atomic mass is 10.0. The van der Waals surface area contributed by atoms with Crippen LogP contribution in [0.1, 0.15) is 70.8 Å². The maximum Gasteiger partial charge on any atom is 0.374 e. The van der Waals surface area contributed by atoms with Gasteiger partial charge in [0.05, 0.1) is 21.1 Å². The van der Waals surface area contributed by atoms with E-state index in [4.69, 9.17) is 10.4 Å². The van der Waals surface area contributed by atoms with Crippen LogP contribution in [0.25, 0.3) is 0 Å². The molecule has 0 atom stereocenters. The number of carboxylic acids is 1. The number of fused-ring (bicyclic) bond motifs is 1. The van der Waals surface area contributed by atoms with E-state index in [0.29, 0.717) is 11.1 Å². The predicted molar refractivity (Wildman–Crippen MR) is 137 cm³/mol. The number of nitriles is 1. The predicted octanol–water partition coefficient (Wildman–Crippen LogP) is 2.06. The number of amides is 2. The Morgan fingerprint density at radius 2 is 1.85 bits per heavy atom. The molecule has 214 valence electrons. The number of nitrogens with zero attached hydrogens (tertiary/aromatic N) is 4. The Hall–Kier alpha value is -3.86. The van der Waals surface area contributed by atoms with Crippen LogP contribution in [0.4, 0.5) is 8.78 Å². The van der Waals surface area contributed by atoms with Gasteiger partial charge >= 0.3 is 11.9 Å². The highest BCUT2D eigenvalue weighted by Gasteiger charge is 2.63. The zero-order valence-electron chi connectivity index (χ0n) is 22.2. The first-order valence-electron chi connectivity index (χ1n) is 12.5. The van der Waals surface area contributed by atoms with Crippen LogP contribution >= 0.6 is 0 Å². The number of alkyl halides is 2. The summed E-state index contributed by atoms with van der Waals surface area (Å²) in [6.07, 6.45) is -0.851. The molecule has 1 aliphatic carbocycles. The monoisotopic (exact) mass is 577 g/mol. The van der Waals surface area contributed by atoms with Crippen LogP contribution in [0, 0.1) is 11.3 Å². The molecule has 2 N–H and O–H groups in total. The summed E-state index contributed by atoms with van der Waals surface area (Å²) in [5.74, 6) is -7.65. The molecule has 2 amide bonds. The fourth-order valence-electron chi connectivity index (χ4n) is 5.16. The molecule has 0 bridgehead atoms. The van der Waals surface area contributed by atoms with Gasteiger partial charge in [-0.05, 0) is 50.8 Å². The Balaban J connectivity index is 1.49. The van der Waals surface area contributed by atoms with Crippen LogP contribution in [-0.2, 0) is 34.6 Å². The molecule has 2 aromatic rings. The highest BCUT2D eigenvalue weighted by molar-refractivity contribution is 7.94. The van der Waals surface area contributed by atoms with Gasteiger partial charge in [0.25, 0.3) is 11.8 Å². The molecule has 0 radical (unpaired) electrons. The molecule has 14 heteroatoms. The van der Waals surface area contributed by atoms with E-state index in [1.807, 2.05) is 6.07 Å². The standard InChI is InChI=1S/C26H29F2N5O6S/c1-24(2,14-26(27,28)23(36)37)40(38,39)25(9-10-25)15-33-11-8-18-19(31-32(3)20(18)22(33)35)21(34)30-13-17-6-4-16(12-29)5-7-17/h4-7H,8-11,13-15H2,1-3H3,(H,30,34)(H,36,37). The minimum atomic E-state index is -4.29. The molecule has 2 heterocycles. The molecule has 1 fully saturated rings. The van der Waals surface area contributed by atoms with Crippen LogP contribution in [0.15, 0.2) is 24.3 Å². The number of halogens is 2. The summed E-state index contributed by atoms with van der Waals surface area (Å²) >= 11 is 0. The van der Waals surface area contributed by atoms with Crippen molar-refractivity contribution >= 4 is 27.6 Å². The Kier molecular flexibility index (Phi) is 7.25. The van der Waals surface area contributed by atoms with E-state index in [2.05, 4.69) is 10.4 Å². The van der Waals surface area contributed by atoms with Gasteiger partial charge in [-0.15, -0.1) is 0 Å². The van der Waals surface area contributed by atoms with Gasteiger partial charge in [0.1, 0.15) is 5.69 Å². The number of carboxylic acid groups (broad SMARTS) is 1. The van der Waals surface area contributed by atoms with Crippen LogP contribution in [-0.4, -0.2) is 74.5 Å². The number of nitrogens with one attached hydrogen (secondary N) is 1. The second-order valence-electron chi connectivity index (χ2n) is 10.9. The lowest BCUT2D eigenvalue weighted by Crippen LogP contribution is -2.52. The van der Waals surface area contributed by atoms with Crippen molar-refractivity contribution < 1.29 is 36.7 Å². The van der Waals surface area contributed by atoms with E-state index in [9.17, 15) is 31.6 Å². The first-order chi connectivity index (χ1) is 18.5. The second-order valence-corrected chi connectivity index (χ2v) is 13.9. The number of rotatable bonds is 10. The molecular weight excluding hydrogens is 548 g/mol. The third kappa shape index (κ3) is 5.05. The van der Waals surface area contributed by atoms with Crippen molar-refractivity contribution in [1.82, 2.24) is 20.0 Å². The number of hydrogen-bond donors (Lipinski definition) is 2. The van der Waals surface area contributed by atoms with Crippen LogP contribution < -0.4 is 5.32 Å². The molecule has 2 aliphatic rings. The number of carbonyl (C=O) groups is 3. The number of sulfone groups is 1. The fourth-order valence-corrected chi connectivity index (χ4v) is 7.67. The first-order valence-corrected chi connectivity index (χ1v) is 14.0.